The number of carbonyl (C=O) groups excluding carboxylic acids is 2. The summed E-state index contributed by atoms with van der Waals surface area (Å²) in [7, 11) is 0. The lowest BCUT2D eigenvalue weighted by molar-refractivity contribution is -0.191. The van der Waals surface area contributed by atoms with Crippen molar-refractivity contribution in [3.63, 3.8) is 0 Å². The number of benzene rings is 1. The van der Waals surface area contributed by atoms with Crippen LogP contribution in [0.15, 0.2) is 30.3 Å². The fraction of sp³-hybridized carbons (Fsp3) is 0.500. The number of hydrogen-bond acceptors (Lipinski definition) is 2. The fourth-order valence-electron chi connectivity index (χ4n) is 2.51. The zero-order valence-corrected chi connectivity index (χ0v) is 9.69. The van der Waals surface area contributed by atoms with Crippen LogP contribution in [0.3, 0.4) is 0 Å². The highest BCUT2D eigenvalue weighted by Crippen LogP contribution is 2.36. The smallest absolute Gasteiger partial charge is 0.186 e. The normalized spacial score (nSPS) is 23.8. The highest BCUT2D eigenvalue weighted by atomic mass is 16.2. The summed E-state index contributed by atoms with van der Waals surface area (Å²) >= 11 is 0. The lowest BCUT2D eigenvalue weighted by Crippen LogP contribution is -2.14. The summed E-state index contributed by atoms with van der Waals surface area (Å²) in [5.74, 6) is 1.71. The lowest BCUT2D eigenvalue weighted by atomic mass is 9.76. The molecule has 0 saturated heterocycles. The largest absolute Gasteiger partial charge is 0.373 e. The molecular formula is C14H18O2. The molecule has 16 heavy (non-hydrogen) atoms. The van der Waals surface area contributed by atoms with Crippen LogP contribution in [0, 0.1) is 5.92 Å². The van der Waals surface area contributed by atoms with Crippen LogP contribution in [0.25, 0.3) is 0 Å². The van der Waals surface area contributed by atoms with Gasteiger partial charge in [0.05, 0.1) is 0 Å². The Labute approximate surface area is 96.7 Å². The van der Waals surface area contributed by atoms with E-state index in [0.29, 0.717) is 0 Å². The van der Waals surface area contributed by atoms with E-state index < -0.39 is 0 Å². The van der Waals surface area contributed by atoms with Gasteiger partial charge in [-0.3, -0.25) is 0 Å². The van der Waals surface area contributed by atoms with Crippen molar-refractivity contribution in [3.05, 3.63) is 35.9 Å². The summed E-state index contributed by atoms with van der Waals surface area (Å²) in [5, 5.41) is 0. The highest BCUT2D eigenvalue weighted by molar-refractivity contribution is 5.20. The van der Waals surface area contributed by atoms with E-state index in [1.807, 2.05) is 0 Å². The van der Waals surface area contributed by atoms with E-state index in [1.165, 1.54) is 25.7 Å². The Hall–Kier alpha value is -1.40. The molecular weight excluding hydrogens is 200 g/mol. The van der Waals surface area contributed by atoms with Crippen LogP contribution >= 0.6 is 0 Å². The molecule has 1 fully saturated rings. The minimum absolute atomic E-state index is 0.250. The van der Waals surface area contributed by atoms with Crippen molar-refractivity contribution >= 4 is 6.15 Å². The average molecular weight is 218 g/mol. The van der Waals surface area contributed by atoms with Gasteiger partial charge in [0, 0.05) is 0 Å². The molecule has 1 aromatic carbocycles. The SMILES string of the molecule is C[C@H]1CCCC[C@@H]1c1ccccc1.O=C=O. The van der Waals surface area contributed by atoms with E-state index in [0.717, 1.165) is 11.8 Å². The van der Waals surface area contributed by atoms with Gasteiger partial charge in [-0.1, -0.05) is 56.5 Å². The maximum atomic E-state index is 8.12. The molecule has 86 valence electrons. The zero-order valence-electron chi connectivity index (χ0n) is 9.69. The van der Waals surface area contributed by atoms with Crippen molar-refractivity contribution in [2.45, 2.75) is 38.5 Å². The van der Waals surface area contributed by atoms with Gasteiger partial charge >= 0.3 is 6.15 Å². The minimum atomic E-state index is 0.250. The second-order valence-corrected chi connectivity index (χ2v) is 4.36. The average Bonchev–Trinajstić information content (AvgIpc) is 2.32. The number of rotatable bonds is 1. The van der Waals surface area contributed by atoms with Gasteiger partial charge in [0.1, 0.15) is 0 Å². The van der Waals surface area contributed by atoms with Crippen LogP contribution in [0.2, 0.25) is 0 Å². The molecule has 2 atom stereocenters. The van der Waals surface area contributed by atoms with Gasteiger partial charge in [0.25, 0.3) is 0 Å². The molecule has 0 aromatic heterocycles. The third-order valence-electron chi connectivity index (χ3n) is 3.34. The second kappa shape index (κ2) is 6.97. The van der Waals surface area contributed by atoms with E-state index in [9.17, 15) is 0 Å². The van der Waals surface area contributed by atoms with Crippen LogP contribution in [0.4, 0.5) is 0 Å². The van der Waals surface area contributed by atoms with Crippen molar-refractivity contribution < 1.29 is 9.59 Å². The molecule has 2 rings (SSSR count). The van der Waals surface area contributed by atoms with Gasteiger partial charge in [-0.25, -0.2) is 0 Å². The lowest BCUT2D eigenvalue weighted by Gasteiger charge is -2.29. The maximum absolute atomic E-state index is 8.12. The van der Waals surface area contributed by atoms with Gasteiger partial charge in [-0.05, 0) is 23.8 Å². The Balaban J connectivity index is 0.000000386. The predicted molar refractivity (Wildman–Crippen MR) is 61.8 cm³/mol. The van der Waals surface area contributed by atoms with Crippen LogP contribution in [-0.4, -0.2) is 6.15 Å². The molecule has 2 nitrogen and oxygen atoms in total. The topological polar surface area (TPSA) is 34.1 Å². The standard InChI is InChI=1S/C13H18.CO2/c1-11-7-5-6-10-13(11)12-8-3-2-4-9-12;2-1-3/h2-4,8-9,11,13H,5-7,10H2,1H3;/t11-,13-;/m0./s1. The molecule has 1 aliphatic rings. The molecule has 0 heterocycles. The molecule has 0 spiro atoms. The van der Waals surface area contributed by atoms with Crippen molar-refractivity contribution in [3.8, 4) is 0 Å². The van der Waals surface area contributed by atoms with Crippen LogP contribution in [0.1, 0.15) is 44.1 Å². The van der Waals surface area contributed by atoms with Gasteiger partial charge in [0.2, 0.25) is 0 Å². The minimum Gasteiger partial charge on any atom is -0.186 e. The first-order chi connectivity index (χ1) is 7.79. The van der Waals surface area contributed by atoms with Gasteiger partial charge < -0.3 is 0 Å². The first-order valence-electron chi connectivity index (χ1n) is 5.83. The first-order valence-corrected chi connectivity index (χ1v) is 5.83. The quantitative estimate of drug-likeness (QED) is 0.724. The van der Waals surface area contributed by atoms with E-state index in [-0.39, 0.29) is 6.15 Å². The van der Waals surface area contributed by atoms with Crippen molar-refractivity contribution in [1.82, 2.24) is 0 Å². The summed E-state index contributed by atoms with van der Waals surface area (Å²) in [5.41, 5.74) is 1.55. The van der Waals surface area contributed by atoms with E-state index in [4.69, 9.17) is 9.59 Å². The summed E-state index contributed by atoms with van der Waals surface area (Å²) < 4.78 is 0. The van der Waals surface area contributed by atoms with Crippen LogP contribution < -0.4 is 0 Å². The molecule has 1 saturated carbocycles. The van der Waals surface area contributed by atoms with Gasteiger partial charge in [-0.15, -0.1) is 0 Å². The zero-order chi connectivity index (χ0) is 11.8. The molecule has 1 aliphatic carbocycles. The summed E-state index contributed by atoms with van der Waals surface area (Å²) in [6, 6.07) is 11.0. The first kappa shape index (κ1) is 12.7. The van der Waals surface area contributed by atoms with Gasteiger partial charge in [0.15, 0.2) is 0 Å². The molecule has 0 unspecified atom stereocenters. The molecule has 0 radical (unpaired) electrons. The monoisotopic (exact) mass is 218 g/mol. The molecule has 0 bridgehead atoms. The molecule has 1 aromatic rings. The maximum Gasteiger partial charge on any atom is 0.373 e. The van der Waals surface area contributed by atoms with Crippen molar-refractivity contribution in [2.75, 3.05) is 0 Å². The second-order valence-electron chi connectivity index (χ2n) is 4.36. The Morgan fingerprint density at radius 3 is 2.19 bits per heavy atom. The van der Waals surface area contributed by atoms with Gasteiger partial charge in [-0.2, -0.15) is 9.59 Å². The van der Waals surface area contributed by atoms with Crippen molar-refractivity contribution in [1.29, 1.82) is 0 Å². The highest BCUT2D eigenvalue weighted by Gasteiger charge is 2.22. The Morgan fingerprint density at radius 1 is 1.06 bits per heavy atom. The summed E-state index contributed by atoms with van der Waals surface area (Å²) in [6.45, 7) is 2.40. The van der Waals surface area contributed by atoms with E-state index in [2.05, 4.69) is 37.3 Å². The molecule has 0 N–H and O–H groups in total. The third-order valence-corrected chi connectivity index (χ3v) is 3.34. The van der Waals surface area contributed by atoms with E-state index >= 15 is 0 Å². The van der Waals surface area contributed by atoms with E-state index in [1.54, 1.807) is 5.56 Å². The molecule has 0 aliphatic heterocycles. The summed E-state index contributed by atoms with van der Waals surface area (Å²) in [4.78, 5) is 16.2. The molecule has 0 amide bonds. The van der Waals surface area contributed by atoms with Crippen molar-refractivity contribution in [2.24, 2.45) is 5.92 Å². The molecule has 2 heteroatoms. The Bertz CT molecular complexity index is 326. The summed E-state index contributed by atoms with van der Waals surface area (Å²) in [6.07, 6.45) is 5.92. The van der Waals surface area contributed by atoms with Crippen LogP contribution in [0.5, 0.6) is 0 Å². The Morgan fingerprint density at radius 2 is 1.62 bits per heavy atom. The number of hydrogen-bond donors (Lipinski definition) is 0. The fourth-order valence-corrected chi connectivity index (χ4v) is 2.51. The van der Waals surface area contributed by atoms with Crippen LogP contribution in [-0.2, 0) is 9.59 Å². The predicted octanol–water partition coefficient (Wildman–Crippen LogP) is 3.40. The Kier molecular flexibility index (Phi) is 5.52. The third kappa shape index (κ3) is 3.63.